The molecule has 0 aliphatic rings. The Morgan fingerprint density at radius 1 is 0.319 bits per heavy atom. The first kappa shape index (κ1) is 86.1. The summed E-state index contributed by atoms with van der Waals surface area (Å²) in [5.41, 5.74) is 11.2. The largest absolute Gasteiger partial charge is 0.488 e. The zero-order valence-electron chi connectivity index (χ0n) is 65.5. The summed E-state index contributed by atoms with van der Waals surface area (Å²) in [5, 5.41) is 137. The zero-order chi connectivity index (χ0) is 84.2. The smallest absolute Gasteiger partial charge is 0.423 e. The van der Waals surface area contributed by atoms with Crippen molar-refractivity contribution in [3.63, 3.8) is 0 Å². The number of hydrogen-bond donors (Lipinski definition) is 16. The van der Waals surface area contributed by atoms with Crippen molar-refractivity contribution in [1.29, 1.82) is 0 Å². The predicted octanol–water partition coefficient (Wildman–Crippen LogP) is -2.65. The first-order valence-electron chi connectivity index (χ1n) is 39.0. The van der Waals surface area contributed by atoms with Crippen LogP contribution in [0.1, 0.15) is 86.7 Å². The van der Waals surface area contributed by atoms with Gasteiger partial charge in [0.2, 0.25) is 11.8 Å². The topological polar surface area (TPSA) is 382 Å². The number of rotatable bonds is 36. The molecule has 598 valence electrons. The minimum atomic E-state index is -1.85. The Balaban J connectivity index is 0.859. The molecule has 6 heterocycles. The number of carbonyl (C=O) groups is 4. The van der Waals surface area contributed by atoms with E-state index < -0.39 is 66.5 Å². The van der Waals surface area contributed by atoms with Crippen LogP contribution in [0.4, 0.5) is 0 Å². The highest BCUT2D eigenvalue weighted by atomic mass is 16.4. The van der Waals surface area contributed by atoms with Crippen LogP contribution in [0.15, 0.2) is 281 Å². The molecule has 1 unspecified atom stereocenters. The molecule has 1 atom stereocenters. The quantitative estimate of drug-likeness (QED) is 0.00825. The van der Waals surface area contributed by atoms with Gasteiger partial charge in [-0.3, -0.25) is 19.2 Å². The van der Waals surface area contributed by atoms with Crippen molar-refractivity contribution in [3.05, 3.63) is 325 Å². The zero-order valence-corrected chi connectivity index (χ0v) is 65.5. The van der Waals surface area contributed by atoms with Gasteiger partial charge in [-0.1, -0.05) is 152 Å². The van der Waals surface area contributed by atoms with Crippen LogP contribution >= 0.6 is 0 Å². The number of unbranched alkanes of at least 4 members (excludes halogenated alkanes) is 1. The Morgan fingerprint density at radius 2 is 0.605 bits per heavy atom. The molecule has 0 saturated carbocycles. The number of hydrogen-bond acceptors (Lipinski definition) is 16. The monoisotopic (exact) mass is 1600 g/mol. The first-order valence-corrected chi connectivity index (χ1v) is 39.0. The lowest BCUT2D eigenvalue weighted by molar-refractivity contribution is -0.689. The van der Waals surface area contributed by atoms with Gasteiger partial charge in [0.1, 0.15) is 17.2 Å². The third-order valence-corrected chi connectivity index (χ3v) is 20.5. The Bertz CT molecular complexity index is 5650. The minimum absolute atomic E-state index is 0.0312. The maximum Gasteiger partial charge on any atom is 0.488 e. The lowest BCUT2D eigenvalue weighted by Crippen LogP contribution is -2.48. The molecular formula is C87H92B6N10O16+6. The molecule has 6 aromatic carbocycles. The van der Waals surface area contributed by atoms with Crippen LogP contribution in [-0.2, 0) is 48.9 Å². The summed E-state index contributed by atoms with van der Waals surface area (Å²) < 4.78 is 11.1. The van der Waals surface area contributed by atoms with Crippen molar-refractivity contribution in [2.45, 2.75) is 77.9 Å². The van der Waals surface area contributed by atoms with Crippen molar-refractivity contribution in [1.82, 2.24) is 21.3 Å². The van der Waals surface area contributed by atoms with Crippen molar-refractivity contribution in [2.75, 3.05) is 19.6 Å². The molecule has 26 nitrogen and oxygen atoms in total. The normalized spacial score (nSPS) is 11.3. The predicted molar refractivity (Wildman–Crippen MR) is 451 cm³/mol. The molecule has 0 fully saturated rings. The highest BCUT2D eigenvalue weighted by molar-refractivity contribution is 6.61. The standard InChI is InChI=1S/C87H88B6N10O16/c1-60(2)84(104)94-36-19-37-96-87(107)83(97-86(106)76-43-74(57-103(59-76)51-68-25-8-14-33-82(68)93(118)119)72-41-70(53-101(55-72)49-66-23-6-12-31-80(66)91(114)115)62-27-18-39-99(45-62)47-64-21-4-10-29-78(64)89(110)111)34-15-16-35-95-85(105)75-42-73(56-102(58-75)50-67-24-7-13-32-81(67)92(116)117)71-40-69(52-100(54-71)48-65-22-5-11-30-79(65)90(112)113)61-26-17-38-98(44-61)46-63-20-3-9-28-77(63)88(108)109/h3-14,17-18,20-33,38-45,52-59,83,108-119H,1,15-16,19,34-37,46-51H2,2H3/q+2/p+4. The van der Waals surface area contributed by atoms with E-state index in [1.54, 1.807) is 168 Å². The van der Waals surface area contributed by atoms with Crippen LogP contribution in [0.3, 0.4) is 0 Å². The van der Waals surface area contributed by atoms with Gasteiger partial charge in [0, 0.05) is 70.7 Å². The SMILES string of the molecule is C=C(C)C(=O)NCCCNC(=O)C(CCCCNC(=O)c1cc(-c2cc(-c3ccc[n+](Cc4ccccc4B(O)O)c3)c[n+](Cc3ccccc3B(O)O)c2)c[n+](Cc2ccccc2B(O)O)c1)NC(=O)c1cc(-c2cc(-c3ccc[n+](Cc4ccccc4B(O)O)c3)c[n+](Cc3ccccc3B(O)O)c2)c[n+](Cc2ccccc2B(O)O)c1. The van der Waals surface area contributed by atoms with E-state index in [9.17, 15) is 74.7 Å². The van der Waals surface area contributed by atoms with E-state index in [1.165, 1.54) is 0 Å². The van der Waals surface area contributed by atoms with E-state index in [0.717, 1.165) is 16.7 Å². The van der Waals surface area contributed by atoms with Gasteiger partial charge >= 0.3 is 42.7 Å². The number of pyridine rings is 6. The highest BCUT2D eigenvalue weighted by Crippen LogP contribution is 2.28. The summed E-state index contributed by atoms with van der Waals surface area (Å²) in [7, 11) is -10.6. The Hall–Kier alpha value is -12.3. The molecule has 0 spiro atoms. The molecule has 32 heteroatoms. The van der Waals surface area contributed by atoms with E-state index in [4.69, 9.17) is 0 Å². The highest BCUT2D eigenvalue weighted by Gasteiger charge is 2.30. The fraction of sp³-hybridized carbons (Fsp3) is 0.172. The second kappa shape index (κ2) is 40.7. The number of nitrogens with one attached hydrogen (secondary N) is 4. The maximum atomic E-state index is 15.3. The molecule has 0 saturated heterocycles. The number of carbonyl (C=O) groups excluding carboxylic acids is 4. The molecule has 12 aromatic rings. The summed E-state index contributed by atoms with van der Waals surface area (Å²) in [5.74, 6) is -2.02. The van der Waals surface area contributed by atoms with Crippen molar-refractivity contribution in [2.24, 2.45) is 0 Å². The third-order valence-electron chi connectivity index (χ3n) is 20.5. The number of amides is 4. The molecule has 12 rings (SSSR count). The molecular weight excluding hydrogens is 1510 g/mol. The average Bonchev–Trinajstić information content (AvgIpc) is 0.788. The van der Waals surface area contributed by atoms with Gasteiger partial charge in [-0.05, 0) is 102 Å². The molecule has 16 N–H and O–H groups in total. The van der Waals surface area contributed by atoms with Crippen molar-refractivity contribution < 1.29 is 107 Å². The second-order valence-corrected chi connectivity index (χ2v) is 29.4. The minimum Gasteiger partial charge on any atom is -0.423 e. The van der Waals surface area contributed by atoms with Crippen LogP contribution in [-0.4, -0.2) is 152 Å². The van der Waals surface area contributed by atoms with E-state index in [1.807, 2.05) is 135 Å². The van der Waals surface area contributed by atoms with Crippen LogP contribution < -0.4 is 81.4 Å². The second-order valence-electron chi connectivity index (χ2n) is 29.4. The number of nitrogens with zero attached hydrogens (tertiary/aromatic N) is 6. The summed E-state index contributed by atoms with van der Waals surface area (Å²) in [4.78, 5) is 57.3. The Morgan fingerprint density at radius 3 is 0.950 bits per heavy atom. The van der Waals surface area contributed by atoms with Gasteiger partial charge in [0.25, 0.3) is 11.8 Å². The fourth-order valence-corrected chi connectivity index (χ4v) is 14.5. The first-order chi connectivity index (χ1) is 57.4. The molecule has 0 aliphatic heterocycles. The van der Waals surface area contributed by atoms with Gasteiger partial charge in [-0.2, -0.15) is 18.3 Å². The summed E-state index contributed by atoms with van der Waals surface area (Å²) in [6.45, 7) is 6.71. The van der Waals surface area contributed by atoms with E-state index >= 15 is 4.79 Å². The van der Waals surface area contributed by atoms with Crippen LogP contribution in [0.25, 0.3) is 44.5 Å². The summed E-state index contributed by atoms with van der Waals surface area (Å²) >= 11 is 0. The molecule has 0 radical (unpaired) electrons. The third kappa shape index (κ3) is 23.1. The van der Waals surface area contributed by atoms with Gasteiger partial charge < -0.3 is 81.6 Å². The van der Waals surface area contributed by atoms with Gasteiger partial charge in [-0.25, -0.2) is 9.13 Å². The Kier molecular flexibility index (Phi) is 29.5. The lowest BCUT2D eigenvalue weighted by Gasteiger charge is -2.19. The maximum absolute atomic E-state index is 15.3. The summed E-state index contributed by atoms with van der Waals surface area (Å²) in [6, 6.07) is 55.1. The van der Waals surface area contributed by atoms with Gasteiger partial charge in [0.05, 0.1) is 44.5 Å². The Labute approximate surface area is 690 Å². The van der Waals surface area contributed by atoms with E-state index in [2.05, 4.69) is 27.8 Å². The fourth-order valence-electron chi connectivity index (χ4n) is 14.5. The molecule has 6 aromatic heterocycles. The van der Waals surface area contributed by atoms with Crippen molar-refractivity contribution >= 4 is 99.1 Å². The lowest BCUT2D eigenvalue weighted by atomic mass is 9.77. The van der Waals surface area contributed by atoms with Gasteiger partial charge in [0.15, 0.2) is 114 Å². The molecule has 0 aliphatic carbocycles. The van der Waals surface area contributed by atoms with Crippen LogP contribution in [0, 0.1) is 0 Å². The van der Waals surface area contributed by atoms with Gasteiger partial charge in [-0.15, -0.1) is 0 Å². The van der Waals surface area contributed by atoms with Crippen molar-refractivity contribution in [3.8, 4) is 44.5 Å². The average molecular weight is 1600 g/mol. The van der Waals surface area contributed by atoms with E-state index in [-0.39, 0.29) is 98.6 Å². The van der Waals surface area contributed by atoms with E-state index in [0.29, 0.717) is 103 Å². The molecule has 4 amide bonds. The number of aromatic nitrogens is 6. The number of benzene rings is 6. The van der Waals surface area contributed by atoms with Crippen LogP contribution in [0.2, 0.25) is 0 Å². The van der Waals surface area contributed by atoms with Crippen LogP contribution in [0.5, 0.6) is 0 Å². The summed E-state index contributed by atoms with van der Waals surface area (Å²) in [6.07, 6.45) is 22.9. The molecule has 0 bridgehead atoms. The molecule has 119 heavy (non-hydrogen) atoms.